The van der Waals surface area contributed by atoms with Crippen LogP contribution < -0.4 is 5.32 Å². The van der Waals surface area contributed by atoms with Gasteiger partial charge in [0.25, 0.3) is 0 Å². The molecule has 1 N–H and O–H groups in total. The summed E-state index contributed by atoms with van der Waals surface area (Å²) >= 11 is 0. The summed E-state index contributed by atoms with van der Waals surface area (Å²) in [5, 5.41) is 2.73. The number of pyridine rings is 1. The molecule has 10 heteroatoms. The lowest BCUT2D eigenvalue weighted by Crippen LogP contribution is -2.51. The van der Waals surface area contributed by atoms with Crippen LogP contribution in [0.15, 0.2) is 24.5 Å². The number of hydrogen-bond acceptors (Lipinski definition) is 6. The van der Waals surface area contributed by atoms with Gasteiger partial charge >= 0.3 is 6.09 Å². The number of nitrogens with zero attached hydrogens (tertiary/aromatic N) is 3. The van der Waals surface area contributed by atoms with Gasteiger partial charge in [-0.05, 0) is 37.5 Å². The number of aromatic nitrogens is 1. The van der Waals surface area contributed by atoms with Gasteiger partial charge in [0, 0.05) is 38.1 Å². The number of sulfonamides is 1. The first-order chi connectivity index (χ1) is 12.8. The molecule has 1 saturated heterocycles. The maximum atomic E-state index is 12.3. The summed E-state index contributed by atoms with van der Waals surface area (Å²) in [6, 6.07) is 3.23. The quantitative estimate of drug-likeness (QED) is 0.720. The third-order valence-electron chi connectivity index (χ3n) is 4.36. The minimum absolute atomic E-state index is 0.242. The number of hydrogen-bond donors (Lipinski definition) is 1. The molecule has 1 fully saturated rings. The first-order valence-electron chi connectivity index (χ1n) is 8.85. The lowest BCUT2D eigenvalue weighted by Gasteiger charge is -2.36. The van der Waals surface area contributed by atoms with Gasteiger partial charge < -0.3 is 15.0 Å². The Kier molecular flexibility index (Phi) is 7.55. The second kappa shape index (κ2) is 9.65. The zero-order valence-electron chi connectivity index (χ0n) is 15.6. The van der Waals surface area contributed by atoms with E-state index in [0.29, 0.717) is 39.1 Å². The summed E-state index contributed by atoms with van der Waals surface area (Å²) in [5.41, 5.74) is 0.881. The number of amides is 2. The van der Waals surface area contributed by atoms with Gasteiger partial charge in [0.15, 0.2) is 0 Å². The van der Waals surface area contributed by atoms with E-state index in [1.807, 2.05) is 0 Å². The first kappa shape index (κ1) is 21.1. The van der Waals surface area contributed by atoms with Gasteiger partial charge in [0.1, 0.15) is 0 Å². The molecule has 1 aliphatic heterocycles. The number of piperidine rings is 1. The van der Waals surface area contributed by atoms with Crippen LogP contribution in [0.5, 0.6) is 0 Å². The van der Waals surface area contributed by atoms with E-state index in [-0.39, 0.29) is 18.5 Å². The maximum Gasteiger partial charge on any atom is 0.409 e. The number of ether oxygens (including phenoxy) is 1. The van der Waals surface area contributed by atoms with Crippen molar-refractivity contribution in [2.24, 2.45) is 0 Å². The molecule has 0 aliphatic carbocycles. The normalized spacial score (nSPS) is 15.6. The highest BCUT2D eigenvalue weighted by atomic mass is 32.2. The van der Waals surface area contributed by atoms with Crippen LogP contribution in [0, 0.1) is 0 Å². The Hall–Kier alpha value is -2.20. The first-order valence-corrected chi connectivity index (χ1v) is 10.7. The molecular weight excluding hydrogens is 372 g/mol. The number of nitrogens with one attached hydrogen (secondary N) is 1. The summed E-state index contributed by atoms with van der Waals surface area (Å²) in [6.07, 6.45) is 4.88. The molecular formula is C17H26N4O5S. The molecule has 0 spiro atoms. The van der Waals surface area contributed by atoms with Crippen LogP contribution in [0.1, 0.15) is 25.3 Å². The van der Waals surface area contributed by atoms with E-state index < -0.39 is 16.1 Å². The highest BCUT2D eigenvalue weighted by molar-refractivity contribution is 7.88. The number of carbonyl (C=O) groups excluding carboxylic acids is 2. The zero-order chi connectivity index (χ0) is 19.9. The van der Waals surface area contributed by atoms with Crippen LogP contribution in [-0.2, 0) is 26.1 Å². The highest BCUT2D eigenvalue weighted by Gasteiger charge is 2.33. The molecule has 2 rings (SSSR count). The SMILES string of the molecule is CCOC(=O)N1CCC(N(CC(=O)NCc2ccncc2)S(C)(=O)=O)CC1. The van der Waals surface area contributed by atoms with E-state index >= 15 is 0 Å². The van der Waals surface area contributed by atoms with Crippen LogP contribution in [-0.4, -0.2) is 73.1 Å². The van der Waals surface area contributed by atoms with Crippen molar-refractivity contribution in [1.82, 2.24) is 19.5 Å². The smallest absolute Gasteiger partial charge is 0.409 e. The van der Waals surface area contributed by atoms with Crippen molar-refractivity contribution in [2.75, 3.05) is 32.5 Å². The Morgan fingerprint density at radius 3 is 2.48 bits per heavy atom. The topological polar surface area (TPSA) is 109 Å². The van der Waals surface area contributed by atoms with Crippen LogP contribution in [0.2, 0.25) is 0 Å². The number of likely N-dealkylation sites (tertiary alicyclic amines) is 1. The fraction of sp³-hybridized carbons (Fsp3) is 0.588. The van der Waals surface area contributed by atoms with Crippen molar-refractivity contribution >= 4 is 22.0 Å². The molecule has 1 aliphatic rings. The predicted octanol–water partition coefficient (Wildman–Crippen LogP) is 0.580. The molecule has 0 atom stereocenters. The third kappa shape index (κ3) is 6.47. The molecule has 0 unspecified atom stereocenters. The standard InChI is InChI=1S/C17H26N4O5S/c1-3-26-17(23)20-10-6-15(7-11-20)21(27(2,24)25)13-16(22)19-12-14-4-8-18-9-5-14/h4-5,8-9,15H,3,6-7,10-13H2,1-2H3,(H,19,22). The van der Waals surface area contributed by atoms with Gasteiger partial charge in [-0.15, -0.1) is 0 Å². The largest absolute Gasteiger partial charge is 0.450 e. The third-order valence-corrected chi connectivity index (χ3v) is 5.64. The van der Waals surface area contributed by atoms with Gasteiger partial charge in [-0.2, -0.15) is 4.31 Å². The molecule has 150 valence electrons. The van der Waals surface area contributed by atoms with Gasteiger partial charge in [-0.3, -0.25) is 9.78 Å². The summed E-state index contributed by atoms with van der Waals surface area (Å²) in [4.78, 5) is 29.5. The minimum atomic E-state index is -3.56. The Labute approximate surface area is 159 Å². The van der Waals surface area contributed by atoms with Crippen LogP contribution >= 0.6 is 0 Å². The molecule has 0 aromatic carbocycles. The molecule has 1 aromatic heterocycles. The Morgan fingerprint density at radius 2 is 1.93 bits per heavy atom. The summed E-state index contributed by atoms with van der Waals surface area (Å²) in [7, 11) is -3.56. The minimum Gasteiger partial charge on any atom is -0.450 e. The zero-order valence-corrected chi connectivity index (χ0v) is 16.4. The fourth-order valence-corrected chi connectivity index (χ4v) is 4.07. The van der Waals surface area contributed by atoms with E-state index in [1.165, 1.54) is 4.31 Å². The molecule has 0 radical (unpaired) electrons. The van der Waals surface area contributed by atoms with Crippen molar-refractivity contribution in [3.8, 4) is 0 Å². The average molecular weight is 398 g/mol. The molecule has 0 saturated carbocycles. The van der Waals surface area contributed by atoms with E-state index in [0.717, 1.165) is 11.8 Å². The van der Waals surface area contributed by atoms with Crippen molar-refractivity contribution in [3.05, 3.63) is 30.1 Å². The molecule has 2 heterocycles. The van der Waals surface area contributed by atoms with Crippen molar-refractivity contribution < 1.29 is 22.7 Å². The van der Waals surface area contributed by atoms with Crippen molar-refractivity contribution in [3.63, 3.8) is 0 Å². The predicted molar refractivity (Wildman–Crippen MR) is 99.3 cm³/mol. The highest BCUT2D eigenvalue weighted by Crippen LogP contribution is 2.19. The maximum absolute atomic E-state index is 12.3. The van der Waals surface area contributed by atoms with Crippen LogP contribution in [0.25, 0.3) is 0 Å². The van der Waals surface area contributed by atoms with E-state index in [1.54, 1.807) is 36.4 Å². The monoisotopic (exact) mass is 398 g/mol. The van der Waals surface area contributed by atoms with Gasteiger partial charge in [-0.1, -0.05) is 0 Å². The Morgan fingerprint density at radius 1 is 1.30 bits per heavy atom. The van der Waals surface area contributed by atoms with E-state index in [4.69, 9.17) is 4.74 Å². The Bertz CT molecular complexity index is 733. The second-order valence-electron chi connectivity index (χ2n) is 6.36. The molecule has 2 amide bonds. The van der Waals surface area contributed by atoms with Gasteiger partial charge in [0.05, 0.1) is 19.4 Å². The van der Waals surface area contributed by atoms with Crippen LogP contribution in [0.3, 0.4) is 0 Å². The number of rotatable bonds is 7. The van der Waals surface area contributed by atoms with Gasteiger partial charge in [0.2, 0.25) is 15.9 Å². The van der Waals surface area contributed by atoms with Crippen molar-refractivity contribution in [2.45, 2.75) is 32.4 Å². The van der Waals surface area contributed by atoms with Crippen LogP contribution in [0.4, 0.5) is 4.79 Å². The van der Waals surface area contributed by atoms with E-state index in [9.17, 15) is 18.0 Å². The van der Waals surface area contributed by atoms with E-state index in [2.05, 4.69) is 10.3 Å². The van der Waals surface area contributed by atoms with Gasteiger partial charge in [-0.25, -0.2) is 13.2 Å². The lowest BCUT2D eigenvalue weighted by atomic mass is 10.1. The molecule has 9 nitrogen and oxygen atoms in total. The molecule has 0 bridgehead atoms. The fourth-order valence-electron chi connectivity index (χ4n) is 2.97. The summed E-state index contributed by atoms with van der Waals surface area (Å²) < 4.78 is 30.6. The second-order valence-corrected chi connectivity index (χ2v) is 8.29. The molecule has 1 aromatic rings. The van der Waals surface area contributed by atoms with Crippen molar-refractivity contribution in [1.29, 1.82) is 0 Å². The Balaban J connectivity index is 1.92. The lowest BCUT2D eigenvalue weighted by molar-refractivity contribution is -0.121. The summed E-state index contributed by atoms with van der Waals surface area (Å²) in [5.74, 6) is -0.370. The average Bonchev–Trinajstić information content (AvgIpc) is 2.65. The summed E-state index contributed by atoms with van der Waals surface area (Å²) in [6.45, 7) is 2.89. The molecule has 27 heavy (non-hydrogen) atoms. The number of carbonyl (C=O) groups is 2.